The summed E-state index contributed by atoms with van der Waals surface area (Å²) < 4.78 is 0. The lowest BCUT2D eigenvalue weighted by Gasteiger charge is -2.34. The molecule has 6 nitrogen and oxygen atoms in total. The number of rotatable bonds is 5. The standard InChI is InChI=1S/C23H24N4O2S/c1-24-19(28)16-26-12-14-27(15-13-26)23(29)21-20(17-8-4-2-5-9-17)25-22(30-21)18-10-6-3-7-11-18/h2-11H,12-16H2,1H3,(H,24,28). The van der Waals surface area contributed by atoms with E-state index in [2.05, 4.69) is 10.2 Å². The zero-order valence-electron chi connectivity index (χ0n) is 16.9. The first-order chi connectivity index (χ1) is 14.7. The molecule has 0 radical (unpaired) electrons. The summed E-state index contributed by atoms with van der Waals surface area (Å²) in [6, 6.07) is 19.8. The molecule has 154 valence electrons. The summed E-state index contributed by atoms with van der Waals surface area (Å²) in [7, 11) is 1.64. The Bertz CT molecular complexity index is 1010. The zero-order chi connectivity index (χ0) is 20.9. The first-order valence-corrected chi connectivity index (χ1v) is 10.8. The van der Waals surface area contributed by atoms with Crippen molar-refractivity contribution in [2.75, 3.05) is 39.8 Å². The fraction of sp³-hybridized carbons (Fsp3) is 0.261. The van der Waals surface area contributed by atoms with Crippen LogP contribution in [0.25, 0.3) is 21.8 Å². The van der Waals surface area contributed by atoms with Gasteiger partial charge in [-0.15, -0.1) is 11.3 Å². The summed E-state index contributed by atoms with van der Waals surface area (Å²) in [6.45, 7) is 2.94. The summed E-state index contributed by atoms with van der Waals surface area (Å²) in [6.07, 6.45) is 0. The predicted octanol–water partition coefficient (Wildman–Crippen LogP) is 2.98. The maximum Gasteiger partial charge on any atom is 0.266 e. The van der Waals surface area contributed by atoms with E-state index in [1.54, 1.807) is 7.05 Å². The molecule has 4 rings (SSSR count). The number of amides is 2. The zero-order valence-corrected chi connectivity index (χ0v) is 17.7. The number of carbonyl (C=O) groups excluding carboxylic acids is 2. The average Bonchev–Trinajstić information content (AvgIpc) is 3.26. The number of aromatic nitrogens is 1. The summed E-state index contributed by atoms with van der Waals surface area (Å²) in [5.41, 5.74) is 2.68. The van der Waals surface area contributed by atoms with E-state index in [1.807, 2.05) is 65.6 Å². The Morgan fingerprint density at radius 3 is 2.13 bits per heavy atom. The minimum absolute atomic E-state index is 0.00361. The molecule has 0 saturated carbocycles. The summed E-state index contributed by atoms with van der Waals surface area (Å²) in [5.74, 6) is 0.00391. The molecule has 2 amide bonds. The third-order valence-electron chi connectivity index (χ3n) is 5.19. The number of benzene rings is 2. The number of nitrogens with one attached hydrogen (secondary N) is 1. The molecule has 0 aliphatic carbocycles. The van der Waals surface area contributed by atoms with E-state index in [4.69, 9.17) is 4.98 Å². The average molecular weight is 421 g/mol. The molecule has 1 aliphatic heterocycles. The van der Waals surface area contributed by atoms with Crippen LogP contribution in [0, 0.1) is 0 Å². The van der Waals surface area contributed by atoms with Crippen LogP contribution in [0.4, 0.5) is 0 Å². The van der Waals surface area contributed by atoms with Crippen molar-refractivity contribution in [3.05, 3.63) is 65.5 Å². The van der Waals surface area contributed by atoms with Crippen molar-refractivity contribution in [2.45, 2.75) is 0 Å². The highest BCUT2D eigenvalue weighted by Gasteiger charge is 2.27. The molecular weight excluding hydrogens is 396 g/mol. The Balaban J connectivity index is 1.59. The number of hydrogen-bond acceptors (Lipinski definition) is 5. The van der Waals surface area contributed by atoms with Crippen molar-refractivity contribution in [3.63, 3.8) is 0 Å². The minimum Gasteiger partial charge on any atom is -0.358 e. The van der Waals surface area contributed by atoms with Crippen LogP contribution in [-0.2, 0) is 4.79 Å². The van der Waals surface area contributed by atoms with Crippen molar-refractivity contribution in [1.29, 1.82) is 0 Å². The van der Waals surface area contributed by atoms with Crippen LogP contribution in [0.3, 0.4) is 0 Å². The van der Waals surface area contributed by atoms with Gasteiger partial charge in [0.15, 0.2) is 0 Å². The van der Waals surface area contributed by atoms with Gasteiger partial charge in [-0.1, -0.05) is 60.7 Å². The number of thiazole rings is 1. The predicted molar refractivity (Wildman–Crippen MR) is 119 cm³/mol. The molecule has 2 aromatic carbocycles. The highest BCUT2D eigenvalue weighted by molar-refractivity contribution is 7.17. The number of nitrogens with zero attached hydrogens (tertiary/aromatic N) is 3. The van der Waals surface area contributed by atoms with Crippen LogP contribution >= 0.6 is 11.3 Å². The molecule has 0 bridgehead atoms. The lowest BCUT2D eigenvalue weighted by Crippen LogP contribution is -2.50. The molecular formula is C23H24N4O2S. The second-order valence-electron chi connectivity index (χ2n) is 7.17. The second kappa shape index (κ2) is 9.19. The van der Waals surface area contributed by atoms with Gasteiger partial charge in [-0.25, -0.2) is 4.98 Å². The lowest BCUT2D eigenvalue weighted by atomic mass is 10.1. The SMILES string of the molecule is CNC(=O)CN1CCN(C(=O)c2sc(-c3ccccc3)nc2-c2ccccc2)CC1. The molecule has 0 unspecified atom stereocenters. The molecule has 30 heavy (non-hydrogen) atoms. The van der Waals surface area contributed by atoms with Gasteiger partial charge >= 0.3 is 0 Å². The quantitative estimate of drug-likeness (QED) is 0.689. The van der Waals surface area contributed by atoms with Crippen molar-refractivity contribution in [1.82, 2.24) is 20.1 Å². The minimum atomic E-state index is -0.00361. The van der Waals surface area contributed by atoms with E-state index >= 15 is 0 Å². The van der Waals surface area contributed by atoms with Gasteiger partial charge in [-0.05, 0) is 0 Å². The van der Waals surface area contributed by atoms with Gasteiger partial charge in [0.25, 0.3) is 5.91 Å². The fourth-order valence-electron chi connectivity index (χ4n) is 3.50. The summed E-state index contributed by atoms with van der Waals surface area (Å²) in [5, 5.41) is 3.49. The highest BCUT2D eigenvalue weighted by Crippen LogP contribution is 2.34. The van der Waals surface area contributed by atoms with Gasteiger partial charge in [0.1, 0.15) is 9.88 Å². The Hall–Kier alpha value is -3.03. The Labute approximate surface area is 180 Å². The number of hydrogen-bond donors (Lipinski definition) is 1. The summed E-state index contributed by atoms with van der Waals surface area (Å²) >= 11 is 1.44. The van der Waals surface area contributed by atoms with Gasteiger partial charge in [0.2, 0.25) is 5.91 Å². The van der Waals surface area contributed by atoms with Crippen molar-refractivity contribution < 1.29 is 9.59 Å². The topological polar surface area (TPSA) is 65.5 Å². The molecule has 1 saturated heterocycles. The first-order valence-electron chi connectivity index (χ1n) is 9.99. The Morgan fingerprint density at radius 1 is 0.933 bits per heavy atom. The third-order valence-corrected chi connectivity index (χ3v) is 6.29. The number of piperazine rings is 1. The van der Waals surface area contributed by atoms with Crippen molar-refractivity contribution in [3.8, 4) is 21.8 Å². The molecule has 0 atom stereocenters. The smallest absolute Gasteiger partial charge is 0.266 e. The molecule has 7 heteroatoms. The number of likely N-dealkylation sites (N-methyl/N-ethyl adjacent to an activating group) is 1. The normalized spacial score (nSPS) is 14.5. The molecule has 3 aromatic rings. The van der Waals surface area contributed by atoms with E-state index in [-0.39, 0.29) is 11.8 Å². The summed E-state index contributed by atoms with van der Waals surface area (Å²) in [4.78, 5) is 34.5. The largest absolute Gasteiger partial charge is 0.358 e. The molecule has 1 aliphatic rings. The highest BCUT2D eigenvalue weighted by atomic mass is 32.1. The second-order valence-corrected chi connectivity index (χ2v) is 8.17. The van der Waals surface area contributed by atoms with Gasteiger partial charge in [0.05, 0.1) is 12.2 Å². The van der Waals surface area contributed by atoms with Crippen LogP contribution in [0.2, 0.25) is 0 Å². The van der Waals surface area contributed by atoms with Crippen molar-refractivity contribution in [2.24, 2.45) is 0 Å². The van der Waals surface area contributed by atoms with Gasteiger partial charge in [-0.3, -0.25) is 14.5 Å². The molecule has 1 N–H and O–H groups in total. The van der Waals surface area contributed by atoms with E-state index in [0.717, 1.165) is 21.8 Å². The lowest BCUT2D eigenvalue weighted by molar-refractivity contribution is -0.122. The van der Waals surface area contributed by atoms with E-state index in [9.17, 15) is 9.59 Å². The van der Waals surface area contributed by atoms with Crippen molar-refractivity contribution >= 4 is 23.2 Å². The van der Waals surface area contributed by atoms with Crippen LogP contribution < -0.4 is 5.32 Å². The van der Waals surface area contributed by atoms with Gasteiger partial charge in [-0.2, -0.15) is 0 Å². The van der Waals surface area contributed by atoms with Crippen LogP contribution in [0.1, 0.15) is 9.67 Å². The van der Waals surface area contributed by atoms with E-state index in [1.165, 1.54) is 11.3 Å². The third kappa shape index (κ3) is 4.42. The van der Waals surface area contributed by atoms with Crippen LogP contribution in [0.5, 0.6) is 0 Å². The first kappa shape index (κ1) is 20.3. The maximum absolute atomic E-state index is 13.4. The maximum atomic E-state index is 13.4. The Morgan fingerprint density at radius 2 is 1.53 bits per heavy atom. The molecule has 1 aromatic heterocycles. The molecule has 1 fully saturated rings. The Kier molecular flexibility index (Phi) is 6.21. The van der Waals surface area contributed by atoms with Gasteiger partial charge < -0.3 is 10.2 Å². The van der Waals surface area contributed by atoms with Crippen LogP contribution in [0.15, 0.2) is 60.7 Å². The van der Waals surface area contributed by atoms with E-state index < -0.39 is 0 Å². The fourth-order valence-corrected chi connectivity index (χ4v) is 4.56. The number of carbonyl (C=O) groups is 2. The van der Waals surface area contributed by atoms with Gasteiger partial charge in [0, 0.05) is 44.4 Å². The monoisotopic (exact) mass is 420 g/mol. The van der Waals surface area contributed by atoms with Crippen LogP contribution in [-0.4, -0.2) is 66.4 Å². The molecule has 0 spiro atoms. The molecule has 2 heterocycles. The van der Waals surface area contributed by atoms with E-state index in [0.29, 0.717) is 37.6 Å².